The summed E-state index contributed by atoms with van der Waals surface area (Å²) in [4.78, 5) is 31.6. The Kier molecular flexibility index (Phi) is 8.79. The first-order valence-electron chi connectivity index (χ1n) is 12.0. The highest BCUT2D eigenvalue weighted by Gasteiger charge is 2.21. The average molecular weight is 497 g/mol. The Bertz CT molecular complexity index is 1150. The van der Waals surface area contributed by atoms with Crippen molar-refractivity contribution >= 4 is 34.7 Å². The molecule has 9 heteroatoms. The Labute approximate surface area is 210 Å². The first kappa shape index (κ1) is 25.2. The number of nitrogens with one attached hydrogen (secondary N) is 1. The Morgan fingerprint density at radius 3 is 2.80 bits per heavy atom. The van der Waals surface area contributed by atoms with Crippen LogP contribution in [0.5, 0.6) is 0 Å². The highest BCUT2D eigenvalue weighted by Crippen LogP contribution is 2.25. The summed E-state index contributed by atoms with van der Waals surface area (Å²) in [6.45, 7) is 8.57. The van der Waals surface area contributed by atoms with Gasteiger partial charge in [-0.15, -0.1) is 0 Å². The van der Waals surface area contributed by atoms with Gasteiger partial charge in [-0.25, -0.2) is 9.78 Å². The summed E-state index contributed by atoms with van der Waals surface area (Å²) in [6.07, 6.45) is -0.0251. The molecule has 1 atom stereocenters. The first-order valence-corrected chi connectivity index (χ1v) is 13.0. The van der Waals surface area contributed by atoms with Gasteiger partial charge in [-0.2, -0.15) is 0 Å². The van der Waals surface area contributed by atoms with Crippen LogP contribution in [0, 0.1) is 0 Å². The van der Waals surface area contributed by atoms with E-state index in [2.05, 4.69) is 39.5 Å². The molecule has 1 aliphatic heterocycles. The van der Waals surface area contributed by atoms with Gasteiger partial charge in [0, 0.05) is 32.7 Å². The molecule has 35 heavy (non-hydrogen) atoms. The molecule has 3 aromatic rings. The van der Waals surface area contributed by atoms with Crippen LogP contribution < -0.4 is 5.32 Å². The summed E-state index contributed by atoms with van der Waals surface area (Å²) in [6, 6.07) is 15.8. The molecule has 4 rings (SSSR count). The van der Waals surface area contributed by atoms with E-state index in [4.69, 9.17) is 9.47 Å². The van der Waals surface area contributed by atoms with E-state index >= 15 is 0 Å². The van der Waals surface area contributed by atoms with Gasteiger partial charge in [0.1, 0.15) is 0 Å². The van der Waals surface area contributed by atoms with Gasteiger partial charge in [0.25, 0.3) is 0 Å². The Hall–Kier alpha value is -2.88. The average Bonchev–Trinajstić information content (AvgIpc) is 3.24. The topological polar surface area (TPSA) is 85.7 Å². The molecule has 0 spiro atoms. The number of aromatic nitrogens is 2. The van der Waals surface area contributed by atoms with E-state index in [1.165, 1.54) is 17.3 Å². The van der Waals surface area contributed by atoms with Crippen molar-refractivity contribution in [3.8, 4) is 0 Å². The quantitative estimate of drug-likeness (QED) is 0.340. The fraction of sp³-hybridized carbons (Fsp3) is 0.423. The van der Waals surface area contributed by atoms with Crippen molar-refractivity contribution < 1.29 is 19.1 Å². The van der Waals surface area contributed by atoms with Crippen molar-refractivity contribution in [2.24, 2.45) is 0 Å². The maximum absolute atomic E-state index is 12.6. The molecule has 1 N–H and O–H groups in total. The summed E-state index contributed by atoms with van der Waals surface area (Å²) < 4.78 is 13.0. The van der Waals surface area contributed by atoms with Crippen LogP contribution in [-0.2, 0) is 27.4 Å². The third-order valence-corrected chi connectivity index (χ3v) is 6.85. The van der Waals surface area contributed by atoms with Crippen LogP contribution in [0.2, 0.25) is 0 Å². The lowest BCUT2D eigenvalue weighted by Gasteiger charge is -2.33. The lowest BCUT2D eigenvalue weighted by molar-refractivity contribution is -0.119. The molecular formula is C26H32N4O4S. The Balaban J connectivity index is 1.29. The minimum atomic E-state index is -0.360. The predicted molar refractivity (Wildman–Crippen MR) is 137 cm³/mol. The third-order valence-electron chi connectivity index (χ3n) is 5.87. The minimum absolute atomic E-state index is 0.0251. The summed E-state index contributed by atoms with van der Waals surface area (Å²) in [5.41, 5.74) is 3.40. The highest BCUT2D eigenvalue weighted by molar-refractivity contribution is 7.99. The number of ether oxygens (including phenoxy) is 2. The lowest BCUT2D eigenvalue weighted by Crippen LogP contribution is -2.47. The second kappa shape index (κ2) is 12.2. The second-order valence-corrected chi connectivity index (χ2v) is 9.31. The van der Waals surface area contributed by atoms with Gasteiger partial charge in [-0.05, 0) is 37.6 Å². The Morgan fingerprint density at radius 2 is 2.03 bits per heavy atom. The van der Waals surface area contributed by atoms with E-state index in [1.54, 1.807) is 19.1 Å². The van der Waals surface area contributed by atoms with Gasteiger partial charge in [0.2, 0.25) is 5.91 Å². The molecule has 0 bridgehead atoms. The van der Waals surface area contributed by atoms with E-state index in [1.807, 2.05) is 23.6 Å². The largest absolute Gasteiger partial charge is 0.462 e. The molecule has 1 aromatic heterocycles. The van der Waals surface area contributed by atoms with Crippen LogP contribution in [0.3, 0.4) is 0 Å². The molecule has 2 aromatic carbocycles. The molecule has 1 amide bonds. The van der Waals surface area contributed by atoms with Gasteiger partial charge in [0.15, 0.2) is 5.16 Å². The van der Waals surface area contributed by atoms with E-state index < -0.39 is 0 Å². The van der Waals surface area contributed by atoms with Gasteiger partial charge in [-0.3, -0.25) is 9.69 Å². The van der Waals surface area contributed by atoms with Crippen LogP contribution >= 0.6 is 11.8 Å². The van der Waals surface area contributed by atoms with Gasteiger partial charge in [-0.1, -0.05) is 42.1 Å². The zero-order chi connectivity index (χ0) is 24.6. The maximum atomic E-state index is 12.6. The molecular weight excluding hydrogens is 464 g/mol. The molecule has 0 saturated carbocycles. The second-order valence-electron chi connectivity index (χ2n) is 8.37. The first-order chi connectivity index (χ1) is 17.1. The summed E-state index contributed by atoms with van der Waals surface area (Å²) in [5, 5.41) is 3.76. The standard InChI is InChI=1S/C26H32N4O4S/c1-3-30-23-11-10-20(25(32)33-4-2)14-22(23)28-26(30)35-18-24(31)27-15-21-17-29(12-13-34-21)16-19-8-6-5-7-9-19/h5-11,14,21H,3-4,12-13,15-18H2,1-2H3,(H,27,31). The monoisotopic (exact) mass is 496 g/mol. The number of esters is 1. The van der Waals surface area contributed by atoms with Crippen LogP contribution in [0.1, 0.15) is 29.8 Å². The van der Waals surface area contributed by atoms with Crippen LogP contribution in [0.4, 0.5) is 0 Å². The number of carbonyl (C=O) groups excluding carboxylic acids is 2. The number of fused-ring (bicyclic) bond motifs is 1. The minimum Gasteiger partial charge on any atom is -0.462 e. The van der Waals surface area contributed by atoms with Crippen molar-refractivity contribution in [3.63, 3.8) is 0 Å². The number of nitrogens with zero attached hydrogens (tertiary/aromatic N) is 3. The molecule has 1 saturated heterocycles. The molecule has 1 unspecified atom stereocenters. The number of hydrogen-bond acceptors (Lipinski definition) is 7. The van der Waals surface area contributed by atoms with Crippen LogP contribution in [0.15, 0.2) is 53.7 Å². The van der Waals surface area contributed by atoms with Crippen molar-refractivity contribution in [3.05, 3.63) is 59.7 Å². The summed E-state index contributed by atoms with van der Waals surface area (Å²) in [7, 11) is 0. The molecule has 186 valence electrons. The molecule has 2 heterocycles. The van der Waals surface area contributed by atoms with Crippen molar-refractivity contribution in [1.29, 1.82) is 0 Å². The Morgan fingerprint density at radius 1 is 1.20 bits per heavy atom. The maximum Gasteiger partial charge on any atom is 0.338 e. The van der Waals surface area contributed by atoms with Crippen molar-refractivity contribution in [1.82, 2.24) is 19.8 Å². The lowest BCUT2D eigenvalue weighted by atomic mass is 10.2. The molecule has 1 fully saturated rings. The third kappa shape index (κ3) is 6.62. The summed E-state index contributed by atoms with van der Waals surface area (Å²) in [5.74, 6) is -0.156. The number of benzene rings is 2. The predicted octanol–water partition coefficient (Wildman–Crippen LogP) is 3.34. The van der Waals surface area contributed by atoms with E-state index in [9.17, 15) is 9.59 Å². The van der Waals surface area contributed by atoms with E-state index in [0.29, 0.717) is 31.9 Å². The number of imidazole rings is 1. The zero-order valence-corrected chi connectivity index (χ0v) is 21.1. The molecule has 1 aliphatic rings. The molecule has 8 nitrogen and oxygen atoms in total. The van der Waals surface area contributed by atoms with E-state index in [0.717, 1.165) is 35.8 Å². The fourth-order valence-corrected chi connectivity index (χ4v) is 5.07. The zero-order valence-electron chi connectivity index (χ0n) is 20.2. The van der Waals surface area contributed by atoms with Gasteiger partial charge >= 0.3 is 5.97 Å². The van der Waals surface area contributed by atoms with Crippen molar-refractivity contribution in [2.45, 2.75) is 38.2 Å². The highest BCUT2D eigenvalue weighted by atomic mass is 32.2. The molecule has 0 radical (unpaired) electrons. The smallest absolute Gasteiger partial charge is 0.338 e. The number of amides is 1. The SMILES string of the molecule is CCOC(=O)c1ccc2c(c1)nc(SCC(=O)NCC1CN(Cc3ccccc3)CCO1)n2CC. The fourth-order valence-electron chi connectivity index (χ4n) is 4.16. The summed E-state index contributed by atoms with van der Waals surface area (Å²) >= 11 is 1.39. The number of morpholine rings is 1. The van der Waals surface area contributed by atoms with Gasteiger partial charge < -0.3 is 19.4 Å². The van der Waals surface area contributed by atoms with E-state index in [-0.39, 0.29) is 23.7 Å². The molecule has 0 aliphatic carbocycles. The number of rotatable bonds is 10. The van der Waals surface area contributed by atoms with Gasteiger partial charge in [0.05, 0.1) is 41.7 Å². The normalized spacial score (nSPS) is 16.3. The van der Waals surface area contributed by atoms with Crippen LogP contribution in [0.25, 0.3) is 11.0 Å². The number of thioether (sulfide) groups is 1. The number of aryl methyl sites for hydroxylation is 1. The van der Waals surface area contributed by atoms with Crippen molar-refractivity contribution in [2.75, 3.05) is 38.6 Å². The number of hydrogen-bond donors (Lipinski definition) is 1. The number of carbonyl (C=O) groups is 2. The van der Waals surface area contributed by atoms with Crippen LogP contribution in [-0.4, -0.2) is 71.0 Å².